The van der Waals surface area contributed by atoms with Crippen molar-refractivity contribution in [2.24, 2.45) is 5.92 Å². The van der Waals surface area contributed by atoms with Gasteiger partial charge in [-0.25, -0.2) is 0 Å². The second kappa shape index (κ2) is 6.01. The Balaban J connectivity index is 1.81. The molecular weight excluding hydrogens is 248 g/mol. The van der Waals surface area contributed by atoms with Crippen molar-refractivity contribution in [3.8, 4) is 0 Å². The van der Waals surface area contributed by atoms with Gasteiger partial charge in [-0.1, -0.05) is 43.7 Å². The molecule has 108 valence electrons. The molecule has 0 saturated heterocycles. The predicted octanol–water partition coefficient (Wildman–Crippen LogP) is 5.14. The molecule has 1 aliphatic carbocycles. The van der Waals surface area contributed by atoms with Gasteiger partial charge in [0.05, 0.1) is 0 Å². The normalized spacial score (nSPS) is 19.7. The average Bonchev–Trinajstić information content (AvgIpc) is 2.80. The van der Waals surface area contributed by atoms with Crippen LogP contribution in [0.3, 0.4) is 0 Å². The number of fused-ring (bicyclic) bond motifs is 1. The lowest BCUT2D eigenvalue weighted by atomic mass is 9.86. The van der Waals surface area contributed by atoms with Gasteiger partial charge in [0.25, 0.3) is 0 Å². The molecule has 1 unspecified atom stereocenters. The van der Waals surface area contributed by atoms with Crippen LogP contribution in [0.5, 0.6) is 0 Å². The third kappa shape index (κ3) is 2.90. The Morgan fingerprint density at radius 3 is 2.50 bits per heavy atom. The van der Waals surface area contributed by atoms with Gasteiger partial charge >= 0.3 is 0 Å². The third-order valence-electron chi connectivity index (χ3n) is 4.58. The Bertz CT molecular complexity index is 562. The van der Waals surface area contributed by atoms with E-state index in [1.54, 1.807) is 0 Å². The minimum absolute atomic E-state index is 0.358. The second-order valence-electron chi connectivity index (χ2n) is 6.24. The van der Waals surface area contributed by atoms with Crippen LogP contribution in [0.1, 0.15) is 62.4 Å². The predicted molar refractivity (Wildman–Crippen MR) is 81.7 cm³/mol. The lowest BCUT2D eigenvalue weighted by Crippen LogP contribution is -2.13. The Kier molecular flexibility index (Phi) is 4.11. The molecule has 1 aliphatic rings. The zero-order valence-corrected chi connectivity index (χ0v) is 12.3. The number of rotatable bonds is 2. The summed E-state index contributed by atoms with van der Waals surface area (Å²) in [5.41, 5.74) is 2.11. The Morgan fingerprint density at radius 2 is 1.75 bits per heavy atom. The molecule has 2 heteroatoms. The maximum absolute atomic E-state index is 10.6. The Labute approximate surface area is 120 Å². The van der Waals surface area contributed by atoms with Crippen molar-refractivity contribution in [3.63, 3.8) is 0 Å². The zero-order chi connectivity index (χ0) is 13.9. The van der Waals surface area contributed by atoms with Crippen molar-refractivity contribution in [1.29, 1.82) is 0 Å². The molecule has 2 aromatic rings. The van der Waals surface area contributed by atoms with E-state index in [0.717, 1.165) is 29.6 Å². The van der Waals surface area contributed by atoms with Crippen molar-refractivity contribution in [2.75, 3.05) is 0 Å². The van der Waals surface area contributed by atoms with Gasteiger partial charge in [0.2, 0.25) is 0 Å². The molecule has 2 nitrogen and oxygen atoms in total. The molecule has 1 aromatic carbocycles. The quantitative estimate of drug-likeness (QED) is 0.821. The molecule has 1 atom stereocenters. The lowest BCUT2D eigenvalue weighted by molar-refractivity contribution is 0.0726. The van der Waals surface area contributed by atoms with E-state index in [-0.39, 0.29) is 0 Å². The van der Waals surface area contributed by atoms with Crippen LogP contribution in [0.2, 0.25) is 0 Å². The van der Waals surface area contributed by atoms with Crippen molar-refractivity contribution in [3.05, 3.63) is 35.6 Å². The molecule has 1 fully saturated rings. The number of benzene rings is 1. The number of aryl methyl sites for hydroxylation is 1. The summed E-state index contributed by atoms with van der Waals surface area (Å²) >= 11 is 0. The molecule has 3 rings (SSSR count). The van der Waals surface area contributed by atoms with Crippen molar-refractivity contribution in [1.82, 2.24) is 0 Å². The van der Waals surface area contributed by atoms with Crippen LogP contribution < -0.4 is 0 Å². The molecule has 0 aliphatic heterocycles. The summed E-state index contributed by atoms with van der Waals surface area (Å²) in [5.74, 6) is 1.10. The van der Waals surface area contributed by atoms with E-state index in [4.69, 9.17) is 4.42 Å². The molecule has 20 heavy (non-hydrogen) atoms. The van der Waals surface area contributed by atoms with Gasteiger partial charge in [-0.2, -0.15) is 0 Å². The van der Waals surface area contributed by atoms with Crippen LogP contribution in [-0.2, 0) is 0 Å². The maximum Gasteiger partial charge on any atom is 0.134 e. The van der Waals surface area contributed by atoms with Crippen LogP contribution in [0, 0.1) is 12.8 Å². The molecule has 0 radical (unpaired) electrons. The molecule has 1 saturated carbocycles. The highest BCUT2D eigenvalue weighted by Gasteiger charge is 2.24. The first-order chi connectivity index (χ1) is 9.74. The molecule has 0 amide bonds. The van der Waals surface area contributed by atoms with Crippen LogP contribution >= 0.6 is 0 Å². The minimum Gasteiger partial charge on any atom is -0.458 e. The van der Waals surface area contributed by atoms with Gasteiger partial charge in [-0.15, -0.1) is 0 Å². The highest BCUT2D eigenvalue weighted by atomic mass is 16.4. The van der Waals surface area contributed by atoms with Gasteiger partial charge in [-0.05, 0) is 43.9 Å². The molecule has 1 N–H and O–H groups in total. The van der Waals surface area contributed by atoms with Crippen LogP contribution in [0.4, 0.5) is 0 Å². The summed E-state index contributed by atoms with van der Waals surface area (Å²) in [6.45, 7) is 2.08. The van der Waals surface area contributed by atoms with Crippen molar-refractivity contribution in [2.45, 2.75) is 58.0 Å². The van der Waals surface area contributed by atoms with E-state index in [0.29, 0.717) is 5.92 Å². The highest BCUT2D eigenvalue weighted by molar-refractivity contribution is 5.78. The van der Waals surface area contributed by atoms with E-state index in [2.05, 4.69) is 19.1 Å². The minimum atomic E-state index is -0.444. The van der Waals surface area contributed by atoms with E-state index < -0.39 is 6.10 Å². The molecule has 1 heterocycles. The second-order valence-corrected chi connectivity index (χ2v) is 6.24. The summed E-state index contributed by atoms with van der Waals surface area (Å²) in [4.78, 5) is 0. The maximum atomic E-state index is 10.6. The number of aliphatic hydroxyl groups is 1. The highest BCUT2D eigenvalue weighted by Crippen LogP contribution is 2.35. The number of furan rings is 1. The third-order valence-corrected chi connectivity index (χ3v) is 4.58. The molecular formula is C18H24O2. The molecule has 0 bridgehead atoms. The van der Waals surface area contributed by atoms with Crippen LogP contribution in [-0.4, -0.2) is 5.11 Å². The smallest absolute Gasteiger partial charge is 0.134 e. The lowest BCUT2D eigenvalue weighted by Gasteiger charge is -2.23. The first-order valence-electron chi connectivity index (χ1n) is 7.92. The number of hydrogen-bond donors (Lipinski definition) is 1. The largest absolute Gasteiger partial charge is 0.458 e. The van der Waals surface area contributed by atoms with Gasteiger partial charge < -0.3 is 9.52 Å². The summed E-state index contributed by atoms with van der Waals surface area (Å²) < 4.78 is 5.86. The van der Waals surface area contributed by atoms with Crippen LogP contribution in [0.15, 0.2) is 28.7 Å². The van der Waals surface area contributed by atoms with Gasteiger partial charge in [0.1, 0.15) is 17.4 Å². The van der Waals surface area contributed by atoms with E-state index in [9.17, 15) is 5.11 Å². The standard InChI is InChI=1S/C18H24O2/c1-13-9-10-16-15(11-13)12-17(20-16)18(19)14-7-5-3-2-4-6-8-14/h9-12,14,18-19H,2-8H2,1H3. The first kappa shape index (κ1) is 13.7. The van der Waals surface area contributed by atoms with Gasteiger partial charge in [0.15, 0.2) is 0 Å². The van der Waals surface area contributed by atoms with E-state index in [1.165, 1.54) is 37.7 Å². The molecule has 0 spiro atoms. The fraction of sp³-hybridized carbons (Fsp3) is 0.556. The van der Waals surface area contributed by atoms with Crippen LogP contribution in [0.25, 0.3) is 11.0 Å². The fourth-order valence-electron chi connectivity index (χ4n) is 3.36. The van der Waals surface area contributed by atoms with E-state index in [1.807, 2.05) is 12.1 Å². The first-order valence-corrected chi connectivity index (χ1v) is 7.92. The van der Waals surface area contributed by atoms with Gasteiger partial charge in [-0.3, -0.25) is 0 Å². The zero-order valence-electron chi connectivity index (χ0n) is 12.3. The summed E-state index contributed by atoms with van der Waals surface area (Å²) in [6, 6.07) is 8.19. The summed E-state index contributed by atoms with van der Waals surface area (Å²) in [6.07, 6.45) is 8.25. The van der Waals surface area contributed by atoms with Crippen molar-refractivity contribution < 1.29 is 9.52 Å². The monoisotopic (exact) mass is 272 g/mol. The number of hydrogen-bond acceptors (Lipinski definition) is 2. The Morgan fingerprint density at radius 1 is 1.05 bits per heavy atom. The SMILES string of the molecule is Cc1ccc2oc(C(O)C3CCCCCCC3)cc2c1. The van der Waals surface area contributed by atoms with E-state index >= 15 is 0 Å². The summed E-state index contributed by atoms with van der Waals surface area (Å²) in [7, 11) is 0. The average molecular weight is 272 g/mol. The fourth-order valence-corrected chi connectivity index (χ4v) is 3.36. The van der Waals surface area contributed by atoms with Gasteiger partial charge in [0, 0.05) is 5.39 Å². The van der Waals surface area contributed by atoms with Crippen molar-refractivity contribution >= 4 is 11.0 Å². The molecule has 1 aromatic heterocycles. The Hall–Kier alpha value is -1.28. The number of aliphatic hydroxyl groups excluding tert-OH is 1. The topological polar surface area (TPSA) is 33.4 Å². The summed E-state index contributed by atoms with van der Waals surface area (Å²) in [5, 5.41) is 11.7.